The molecule has 5 heteroatoms. The summed E-state index contributed by atoms with van der Waals surface area (Å²) in [6.45, 7) is 2.15. The van der Waals surface area contributed by atoms with E-state index in [1.54, 1.807) is 14.2 Å². The van der Waals surface area contributed by atoms with Crippen LogP contribution in [0.25, 0.3) is 0 Å². The number of likely N-dealkylation sites (N-methyl/N-ethyl adjacent to an activating group) is 1. The topological polar surface area (TPSA) is 61.8 Å². The number of hydrogen-bond donors (Lipinski definition) is 2. The molecule has 0 aromatic carbocycles. The van der Waals surface area contributed by atoms with E-state index in [0.717, 1.165) is 13.1 Å². The summed E-state index contributed by atoms with van der Waals surface area (Å²) in [5.74, 6) is 0.270. The molecule has 0 saturated carbocycles. The molecule has 1 aliphatic rings. The minimum atomic E-state index is -0.880. The molecule has 0 aliphatic carbocycles. The monoisotopic (exact) mass is 188 g/mol. The highest BCUT2D eigenvalue weighted by Crippen LogP contribution is 2.14. The van der Waals surface area contributed by atoms with Gasteiger partial charge in [-0.25, -0.2) is 4.79 Å². The molecule has 2 N–H and O–H groups in total. The zero-order valence-electron chi connectivity index (χ0n) is 7.99. The van der Waals surface area contributed by atoms with Crippen molar-refractivity contribution in [1.29, 1.82) is 0 Å². The molecule has 1 amide bonds. The van der Waals surface area contributed by atoms with Gasteiger partial charge < -0.3 is 20.1 Å². The van der Waals surface area contributed by atoms with Gasteiger partial charge in [0.05, 0.1) is 12.6 Å². The fourth-order valence-electron chi connectivity index (χ4n) is 1.70. The van der Waals surface area contributed by atoms with E-state index in [1.165, 1.54) is 4.90 Å². The standard InChI is InChI=1S/C8H16N2O3/c1-10(8(11)12)7-4-9-3-6(7)5-13-2/h6-7,9H,3-5H2,1-2H3,(H,11,12). The lowest BCUT2D eigenvalue weighted by Crippen LogP contribution is -2.42. The van der Waals surface area contributed by atoms with Gasteiger partial charge in [-0.05, 0) is 0 Å². The van der Waals surface area contributed by atoms with Gasteiger partial charge in [-0.15, -0.1) is 0 Å². The van der Waals surface area contributed by atoms with Crippen LogP contribution in [-0.2, 0) is 4.74 Å². The lowest BCUT2D eigenvalue weighted by Gasteiger charge is -2.25. The Morgan fingerprint density at radius 1 is 1.69 bits per heavy atom. The van der Waals surface area contributed by atoms with E-state index in [9.17, 15) is 4.79 Å². The molecule has 1 fully saturated rings. The Morgan fingerprint density at radius 3 is 2.92 bits per heavy atom. The minimum Gasteiger partial charge on any atom is -0.465 e. The summed E-state index contributed by atoms with van der Waals surface area (Å²) in [7, 11) is 3.23. The van der Waals surface area contributed by atoms with Crippen LogP contribution in [0.2, 0.25) is 0 Å². The number of rotatable bonds is 3. The molecule has 0 aromatic rings. The van der Waals surface area contributed by atoms with Crippen LogP contribution < -0.4 is 5.32 Å². The molecule has 2 unspecified atom stereocenters. The van der Waals surface area contributed by atoms with Crippen LogP contribution in [0.15, 0.2) is 0 Å². The van der Waals surface area contributed by atoms with E-state index in [4.69, 9.17) is 9.84 Å². The van der Waals surface area contributed by atoms with Gasteiger partial charge >= 0.3 is 6.09 Å². The molecule has 13 heavy (non-hydrogen) atoms. The second kappa shape index (κ2) is 4.43. The van der Waals surface area contributed by atoms with Crippen LogP contribution >= 0.6 is 0 Å². The van der Waals surface area contributed by atoms with Crippen molar-refractivity contribution < 1.29 is 14.6 Å². The third-order valence-corrected chi connectivity index (χ3v) is 2.48. The number of nitrogens with zero attached hydrogens (tertiary/aromatic N) is 1. The highest BCUT2D eigenvalue weighted by atomic mass is 16.5. The van der Waals surface area contributed by atoms with Gasteiger partial charge in [0, 0.05) is 33.2 Å². The number of ether oxygens (including phenoxy) is 1. The van der Waals surface area contributed by atoms with Crippen LogP contribution in [0.1, 0.15) is 0 Å². The lowest BCUT2D eigenvalue weighted by atomic mass is 10.0. The molecule has 5 nitrogen and oxygen atoms in total. The summed E-state index contributed by atoms with van der Waals surface area (Å²) >= 11 is 0. The van der Waals surface area contributed by atoms with Gasteiger partial charge in [-0.3, -0.25) is 0 Å². The van der Waals surface area contributed by atoms with Crippen LogP contribution in [-0.4, -0.2) is 56.0 Å². The van der Waals surface area contributed by atoms with Gasteiger partial charge in [0.1, 0.15) is 0 Å². The Bertz CT molecular complexity index is 186. The van der Waals surface area contributed by atoms with Crippen molar-refractivity contribution in [2.45, 2.75) is 6.04 Å². The van der Waals surface area contributed by atoms with E-state index in [-0.39, 0.29) is 12.0 Å². The maximum atomic E-state index is 10.7. The van der Waals surface area contributed by atoms with E-state index in [1.807, 2.05) is 0 Å². The third-order valence-electron chi connectivity index (χ3n) is 2.48. The Balaban J connectivity index is 2.51. The van der Waals surface area contributed by atoms with Crippen molar-refractivity contribution in [3.63, 3.8) is 0 Å². The van der Waals surface area contributed by atoms with Crippen LogP contribution in [0, 0.1) is 5.92 Å². The quantitative estimate of drug-likeness (QED) is 0.645. The molecule has 0 bridgehead atoms. The summed E-state index contributed by atoms with van der Waals surface area (Å²) in [5, 5.41) is 11.9. The molecule has 1 heterocycles. The zero-order valence-corrected chi connectivity index (χ0v) is 7.99. The fourth-order valence-corrected chi connectivity index (χ4v) is 1.70. The summed E-state index contributed by atoms with van der Waals surface area (Å²) in [6.07, 6.45) is -0.880. The Labute approximate surface area is 77.7 Å². The first-order valence-corrected chi connectivity index (χ1v) is 4.32. The first-order chi connectivity index (χ1) is 6.16. The average Bonchev–Trinajstić information content (AvgIpc) is 2.52. The van der Waals surface area contributed by atoms with Crippen LogP contribution in [0.5, 0.6) is 0 Å². The maximum Gasteiger partial charge on any atom is 0.407 e. The molecule has 1 rings (SSSR count). The Hall–Kier alpha value is -0.810. The Kier molecular flexibility index (Phi) is 3.50. The molecular formula is C8H16N2O3. The molecule has 1 saturated heterocycles. The zero-order chi connectivity index (χ0) is 9.84. The molecule has 2 atom stereocenters. The number of amides is 1. The second-order valence-corrected chi connectivity index (χ2v) is 3.33. The number of carbonyl (C=O) groups is 1. The van der Waals surface area contributed by atoms with Crippen molar-refractivity contribution in [2.75, 3.05) is 33.9 Å². The predicted octanol–water partition coefficient (Wildman–Crippen LogP) is -0.169. The number of methoxy groups -OCH3 is 1. The maximum absolute atomic E-state index is 10.7. The van der Waals surface area contributed by atoms with Gasteiger partial charge in [-0.2, -0.15) is 0 Å². The molecular weight excluding hydrogens is 172 g/mol. The predicted molar refractivity (Wildman–Crippen MR) is 47.8 cm³/mol. The Morgan fingerprint density at radius 2 is 2.38 bits per heavy atom. The van der Waals surface area contributed by atoms with E-state index >= 15 is 0 Å². The van der Waals surface area contributed by atoms with Gasteiger partial charge in [0.2, 0.25) is 0 Å². The molecule has 0 spiro atoms. The largest absolute Gasteiger partial charge is 0.465 e. The lowest BCUT2D eigenvalue weighted by molar-refractivity contribution is 0.0992. The van der Waals surface area contributed by atoms with E-state index < -0.39 is 6.09 Å². The smallest absolute Gasteiger partial charge is 0.407 e. The van der Waals surface area contributed by atoms with Gasteiger partial charge in [0.25, 0.3) is 0 Å². The second-order valence-electron chi connectivity index (χ2n) is 3.33. The fraction of sp³-hybridized carbons (Fsp3) is 0.875. The minimum absolute atomic E-state index is 0.0393. The molecule has 0 radical (unpaired) electrons. The van der Waals surface area contributed by atoms with Crippen molar-refractivity contribution >= 4 is 6.09 Å². The summed E-state index contributed by atoms with van der Waals surface area (Å²) in [6, 6.07) is 0.0393. The SMILES string of the molecule is COCC1CNCC1N(C)C(=O)O. The van der Waals surface area contributed by atoms with Crippen molar-refractivity contribution in [2.24, 2.45) is 5.92 Å². The van der Waals surface area contributed by atoms with Gasteiger partial charge in [-0.1, -0.05) is 0 Å². The van der Waals surface area contributed by atoms with Crippen molar-refractivity contribution in [1.82, 2.24) is 10.2 Å². The normalized spacial score (nSPS) is 27.5. The average molecular weight is 188 g/mol. The number of carboxylic acid groups (broad SMARTS) is 1. The van der Waals surface area contributed by atoms with Crippen LogP contribution in [0.3, 0.4) is 0 Å². The first-order valence-electron chi connectivity index (χ1n) is 4.32. The molecule has 1 aliphatic heterocycles. The summed E-state index contributed by atoms with van der Waals surface area (Å²) < 4.78 is 5.03. The summed E-state index contributed by atoms with van der Waals surface area (Å²) in [5.41, 5.74) is 0. The molecule has 0 aromatic heterocycles. The summed E-state index contributed by atoms with van der Waals surface area (Å²) in [4.78, 5) is 12.0. The third kappa shape index (κ3) is 2.32. The van der Waals surface area contributed by atoms with Crippen molar-refractivity contribution in [3.8, 4) is 0 Å². The highest BCUT2D eigenvalue weighted by molar-refractivity contribution is 5.65. The van der Waals surface area contributed by atoms with E-state index in [2.05, 4.69) is 5.32 Å². The molecule has 76 valence electrons. The van der Waals surface area contributed by atoms with Gasteiger partial charge in [0.15, 0.2) is 0 Å². The highest BCUT2D eigenvalue weighted by Gasteiger charge is 2.32. The number of hydrogen-bond acceptors (Lipinski definition) is 3. The van der Waals surface area contributed by atoms with Crippen molar-refractivity contribution in [3.05, 3.63) is 0 Å². The van der Waals surface area contributed by atoms with Crippen LogP contribution in [0.4, 0.5) is 4.79 Å². The van der Waals surface area contributed by atoms with E-state index in [0.29, 0.717) is 6.61 Å². The first kappa shape index (κ1) is 10.3. The number of nitrogens with one attached hydrogen (secondary N) is 1.